The molecule has 3 amide bonds. The van der Waals surface area contributed by atoms with Crippen molar-refractivity contribution in [3.8, 4) is 0 Å². The van der Waals surface area contributed by atoms with Crippen molar-refractivity contribution in [2.75, 3.05) is 0 Å². The lowest BCUT2D eigenvalue weighted by Crippen LogP contribution is -2.54. The Morgan fingerprint density at radius 2 is 1.70 bits per heavy atom. The van der Waals surface area contributed by atoms with Gasteiger partial charge in [0, 0.05) is 0 Å². The quantitative estimate of drug-likeness (QED) is 0.460. The molecule has 5 heteroatoms. The minimum absolute atomic E-state index is 0.619. The molecule has 0 rings (SSSR count). The number of carbonyl (C=O) groups is 2. The molecule has 0 aliphatic heterocycles. The highest BCUT2D eigenvalue weighted by Crippen LogP contribution is 1.98. The van der Waals surface area contributed by atoms with E-state index >= 15 is 0 Å². The van der Waals surface area contributed by atoms with Gasteiger partial charge in [-0.2, -0.15) is 0 Å². The molecule has 0 aromatic heterocycles. The van der Waals surface area contributed by atoms with E-state index in [4.69, 9.17) is 11.5 Å². The van der Waals surface area contributed by atoms with Crippen molar-refractivity contribution in [1.82, 2.24) is 5.32 Å². The monoisotopic (exact) mass is 145 g/mol. The van der Waals surface area contributed by atoms with Gasteiger partial charge < -0.3 is 16.8 Å². The first kappa shape index (κ1) is 8.74. The first-order chi connectivity index (χ1) is 4.36. The van der Waals surface area contributed by atoms with Gasteiger partial charge in [-0.15, -0.1) is 0 Å². The van der Waals surface area contributed by atoms with Gasteiger partial charge in [0.05, 0.1) is 0 Å². The van der Waals surface area contributed by atoms with Gasteiger partial charge in [-0.1, -0.05) is 0 Å². The molecule has 5 nitrogen and oxygen atoms in total. The fourth-order valence-electron chi connectivity index (χ4n) is 0.370. The zero-order valence-corrected chi connectivity index (χ0v) is 5.97. The van der Waals surface area contributed by atoms with E-state index in [-0.39, 0.29) is 0 Å². The van der Waals surface area contributed by atoms with Gasteiger partial charge in [0.25, 0.3) is 0 Å². The standard InChI is InChI=1S/C5H11N3O2/c1-5(2,3(6)9)8-4(7)10/h1-2H3,(H2,6,9)(H3,7,8,10). The van der Waals surface area contributed by atoms with Crippen molar-refractivity contribution in [1.29, 1.82) is 0 Å². The first-order valence-electron chi connectivity index (χ1n) is 2.74. The van der Waals surface area contributed by atoms with Gasteiger partial charge in [0.1, 0.15) is 5.54 Å². The van der Waals surface area contributed by atoms with Gasteiger partial charge >= 0.3 is 6.03 Å². The van der Waals surface area contributed by atoms with E-state index in [0.717, 1.165) is 0 Å². The number of nitrogens with two attached hydrogens (primary N) is 2. The molecule has 0 heterocycles. The van der Waals surface area contributed by atoms with E-state index in [1.807, 2.05) is 0 Å². The summed E-state index contributed by atoms with van der Waals surface area (Å²) in [6.45, 7) is 2.94. The highest BCUT2D eigenvalue weighted by molar-refractivity contribution is 5.88. The summed E-state index contributed by atoms with van der Waals surface area (Å²) in [7, 11) is 0. The molecule has 0 aliphatic carbocycles. The number of urea groups is 1. The van der Waals surface area contributed by atoms with Crippen LogP contribution in [-0.4, -0.2) is 17.5 Å². The van der Waals surface area contributed by atoms with Crippen molar-refractivity contribution in [3.05, 3.63) is 0 Å². The summed E-state index contributed by atoms with van der Waals surface area (Å²) in [5.41, 5.74) is 8.60. The number of amides is 3. The molecule has 0 saturated heterocycles. The fourth-order valence-corrected chi connectivity index (χ4v) is 0.370. The molecule has 0 radical (unpaired) electrons. The highest BCUT2D eigenvalue weighted by atomic mass is 16.2. The highest BCUT2D eigenvalue weighted by Gasteiger charge is 2.25. The maximum Gasteiger partial charge on any atom is 0.313 e. The molecular weight excluding hydrogens is 134 g/mol. The van der Waals surface area contributed by atoms with Crippen LogP contribution in [0.1, 0.15) is 13.8 Å². The summed E-state index contributed by atoms with van der Waals surface area (Å²) in [6.07, 6.45) is 0. The molecule has 0 aromatic rings. The van der Waals surface area contributed by atoms with E-state index in [1.165, 1.54) is 13.8 Å². The number of primary amides is 2. The Balaban J connectivity index is 4.13. The van der Waals surface area contributed by atoms with Crippen LogP contribution in [0.5, 0.6) is 0 Å². The van der Waals surface area contributed by atoms with Gasteiger partial charge in [0.2, 0.25) is 5.91 Å². The minimum Gasteiger partial charge on any atom is -0.368 e. The minimum atomic E-state index is -1.06. The molecule has 10 heavy (non-hydrogen) atoms. The van der Waals surface area contributed by atoms with E-state index in [9.17, 15) is 9.59 Å². The van der Waals surface area contributed by atoms with Gasteiger partial charge in [-0.25, -0.2) is 4.79 Å². The number of rotatable bonds is 2. The van der Waals surface area contributed by atoms with Crippen LogP contribution in [0.3, 0.4) is 0 Å². The second-order valence-corrected chi connectivity index (χ2v) is 2.48. The topological polar surface area (TPSA) is 98.2 Å². The van der Waals surface area contributed by atoms with Gasteiger partial charge in [-0.3, -0.25) is 4.79 Å². The van der Waals surface area contributed by atoms with Crippen LogP contribution in [0.15, 0.2) is 0 Å². The second kappa shape index (κ2) is 2.55. The molecule has 0 bridgehead atoms. The Kier molecular flexibility index (Phi) is 2.23. The number of hydrogen-bond acceptors (Lipinski definition) is 2. The van der Waals surface area contributed by atoms with Crippen LogP contribution in [-0.2, 0) is 4.79 Å². The average molecular weight is 145 g/mol. The van der Waals surface area contributed by atoms with E-state index in [2.05, 4.69) is 5.32 Å². The molecule has 0 spiro atoms. The lowest BCUT2D eigenvalue weighted by Gasteiger charge is -2.20. The molecule has 0 saturated carbocycles. The Morgan fingerprint density at radius 3 is 1.80 bits per heavy atom. The molecule has 0 fully saturated rings. The zero-order chi connectivity index (χ0) is 8.36. The van der Waals surface area contributed by atoms with Gasteiger partial charge in [0.15, 0.2) is 0 Å². The Labute approximate surface area is 58.8 Å². The third-order valence-corrected chi connectivity index (χ3v) is 1.05. The van der Waals surface area contributed by atoms with E-state index in [0.29, 0.717) is 0 Å². The molecule has 5 N–H and O–H groups in total. The molecule has 58 valence electrons. The second-order valence-electron chi connectivity index (χ2n) is 2.48. The summed E-state index contributed by atoms with van der Waals surface area (Å²) in [5, 5.41) is 2.18. The number of carbonyl (C=O) groups excluding carboxylic acids is 2. The fraction of sp³-hybridized carbons (Fsp3) is 0.600. The lowest BCUT2D eigenvalue weighted by atomic mass is 10.1. The van der Waals surface area contributed by atoms with Crippen LogP contribution >= 0.6 is 0 Å². The maximum atomic E-state index is 10.5. The van der Waals surface area contributed by atoms with Crippen molar-refractivity contribution in [2.45, 2.75) is 19.4 Å². The van der Waals surface area contributed by atoms with Crippen LogP contribution < -0.4 is 16.8 Å². The summed E-state index contributed by atoms with van der Waals surface area (Å²) >= 11 is 0. The Bertz CT molecular complexity index is 164. The average Bonchev–Trinajstić information content (AvgIpc) is 1.60. The Hall–Kier alpha value is -1.26. The summed E-state index contributed by atoms with van der Waals surface area (Å²) in [6, 6.07) is -0.760. The number of hydrogen-bond donors (Lipinski definition) is 3. The smallest absolute Gasteiger partial charge is 0.313 e. The normalized spacial score (nSPS) is 10.6. The summed E-state index contributed by atoms with van der Waals surface area (Å²) < 4.78 is 0. The van der Waals surface area contributed by atoms with E-state index in [1.54, 1.807) is 0 Å². The largest absolute Gasteiger partial charge is 0.368 e. The summed E-state index contributed by atoms with van der Waals surface area (Å²) in [4.78, 5) is 20.7. The molecule has 0 aliphatic rings. The third kappa shape index (κ3) is 2.34. The van der Waals surface area contributed by atoms with Crippen LogP contribution in [0.25, 0.3) is 0 Å². The third-order valence-electron chi connectivity index (χ3n) is 1.05. The summed E-state index contributed by atoms with van der Waals surface area (Å²) in [5.74, 6) is -0.619. The molecule has 0 unspecified atom stereocenters. The van der Waals surface area contributed by atoms with Crippen molar-refractivity contribution < 1.29 is 9.59 Å². The zero-order valence-electron chi connectivity index (χ0n) is 5.97. The molecule has 0 atom stereocenters. The SMILES string of the molecule is CC(C)(NC(N)=O)C(N)=O. The molecular formula is C5H11N3O2. The van der Waals surface area contributed by atoms with Crippen LogP contribution in [0.2, 0.25) is 0 Å². The predicted molar refractivity (Wildman–Crippen MR) is 36.0 cm³/mol. The lowest BCUT2D eigenvalue weighted by molar-refractivity contribution is -0.122. The number of nitrogens with one attached hydrogen (secondary N) is 1. The van der Waals surface area contributed by atoms with Crippen molar-refractivity contribution in [3.63, 3.8) is 0 Å². The van der Waals surface area contributed by atoms with E-state index < -0.39 is 17.5 Å². The Morgan fingerprint density at radius 1 is 1.30 bits per heavy atom. The van der Waals surface area contributed by atoms with Crippen molar-refractivity contribution in [2.24, 2.45) is 11.5 Å². The first-order valence-corrected chi connectivity index (χ1v) is 2.74. The van der Waals surface area contributed by atoms with Crippen molar-refractivity contribution >= 4 is 11.9 Å². The molecule has 0 aromatic carbocycles. The van der Waals surface area contributed by atoms with Crippen LogP contribution in [0, 0.1) is 0 Å². The predicted octanol–water partition coefficient (Wildman–Crippen LogP) is -1.08. The maximum absolute atomic E-state index is 10.5. The van der Waals surface area contributed by atoms with Gasteiger partial charge in [-0.05, 0) is 13.8 Å². The van der Waals surface area contributed by atoms with Crippen LogP contribution in [0.4, 0.5) is 4.79 Å².